The van der Waals surface area contributed by atoms with E-state index in [1.807, 2.05) is 16.9 Å². The molecule has 1 aliphatic carbocycles. The fourth-order valence-corrected chi connectivity index (χ4v) is 3.31. The highest BCUT2D eigenvalue weighted by atomic mass is 16.1. The van der Waals surface area contributed by atoms with E-state index in [0.717, 1.165) is 48.3 Å². The first-order valence-electron chi connectivity index (χ1n) is 8.01. The van der Waals surface area contributed by atoms with Gasteiger partial charge in [-0.25, -0.2) is 0 Å². The van der Waals surface area contributed by atoms with Crippen LogP contribution in [0.2, 0.25) is 0 Å². The smallest absolute Gasteiger partial charge is 0.167 e. The molecule has 3 rings (SSSR count). The van der Waals surface area contributed by atoms with Gasteiger partial charge in [-0.15, -0.1) is 0 Å². The number of nitrogens with zero attached hydrogens (tertiary/aromatic N) is 3. The predicted octanol–water partition coefficient (Wildman–Crippen LogP) is 3.43. The van der Waals surface area contributed by atoms with Crippen molar-refractivity contribution in [2.75, 3.05) is 0 Å². The zero-order valence-electron chi connectivity index (χ0n) is 13.6. The third-order valence-corrected chi connectivity index (χ3v) is 4.22. The van der Waals surface area contributed by atoms with E-state index in [4.69, 9.17) is 5.10 Å². The van der Waals surface area contributed by atoms with Crippen molar-refractivity contribution in [2.24, 2.45) is 5.41 Å². The minimum absolute atomic E-state index is 0.0149. The Bertz CT molecular complexity index is 686. The topological polar surface area (TPSA) is 47.8 Å². The van der Waals surface area contributed by atoms with Crippen LogP contribution in [0.15, 0.2) is 24.5 Å². The van der Waals surface area contributed by atoms with Crippen molar-refractivity contribution in [3.63, 3.8) is 0 Å². The molecule has 116 valence electrons. The van der Waals surface area contributed by atoms with E-state index in [-0.39, 0.29) is 11.2 Å². The first kappa shape index (κ1) is 14.9. The summed E-state index contributed by atoms with van der Waals surface area (Å²) in [7, 11) is 0. The van der Waals surface area contributed by atoms with Crippen LogP contribution < -0.4 is 0 Å². The number of aromatic nitrogens is 3. The molecule has 0 fully saturated rings. The number of fused-ring (bicyclic) bond motifs is 1. The molecule has 0 spiro atoms. The van der Waals surface area contributed by atoms with Crippen LogP contribution in [0.4, 0.5) is 0 Å². The molecule has 1 aliphatic rings. The van der Waals surface area contributed by atoms with Crippen LogP contribution in [0.5, 0.6) is 0 Å². The summed E-state index contributed by atoms with van der Waals surface area (Å²) in [4.78, 5) is 16.8. The van der Waals surface area contributed by atoms with E-state index in [0.29, 0.717) is 6.42 Å². The van der Waals surface area contributed by atoms with Gasteiger partial charge in [-0.1, -0.05) is 26.8 Å². The lowest BCUT2D eigenvalue weighted by Gasteiger charge is -2.27. The molecule has 2 aromatic rings. The van der Waals surface area contributed by atoms with Crippen molar-refractivity contribution in [3.8, 4) is 0 Å². The molecule has 0 bridgehead atoms. The molecule has 22 heavy (non-hydrogen) atoms. The number of pyridine rings is 1. The Balaban J connectivity index is 2.04. The van der Waals surface area contributed by atoms with Crippen molar-refractivity contribution in [1.82, 2.24) is 14.8 Å². The van der Waals surface area contributed by atoms with Gasteiger partial charge in [0, 0.05) is 31.8 Å². The molecular formula is C18H23N3O. The fraction of sp³-hybridized carbons (Fsp3) is 0.500. The number of hydrogen-bond donors (Lipinski definition) is 0. The van der Waals surface area contributed by atoms with Crippen LogP contribution in [0, 0.1) is 5.41 Å². The second-order valence-electron chi connectivity index (χ2n) is 6.97. The van der Waals surface area contributed by atoms with Gasteiger partial charge in [0.2, 0.25) is 0 Å². The summed E-state index contributed by atoms with van der Waals surface area (Å²) in [5, 5.41) is 4.76. The molecule has 0 saturated heterocycles. The maximum Gasteiger partial charge on any atom is 0.167 e. The summed E-state index contributed by atoms with van der Waals surface area (Å²) in [6.45, 7) is 7.29. The zero-order chi connectivity index (χ0) is 15.7. The largest absolute Gasteiger partial charge is 0.294 e. The van der Waals surface area contributed by atoms with Gasteiger partial charge in [0.1, 0.15) is 0 Å². The van der Waals surface area contributed by atoms with Gasteiger partial charge in [-0.05, 0) is 29.9 Å². The third kappa shape index (κ3) is 2.82. The summed E-state index contributed by atoms with van der Waals surface area (Å²) in [6.07, 6.45) is 6.87. The van der Waals surface area contributed by atoms with Crippen molar-refractivity contribution in [1.29, 1.82) is 0 Å². The molecule has 0 radical (unpaired) electrons. The normalized spacial score (nSPS) is 16.6. The van der Waals surface area contributed by atoms with E-state index in [1.54, 1.807) is 6.20 Å². The number of aryl methyl sites for hydroxylation is 1. The number of Topliss-reactive ketones (excluding diaryl/α,β-unsaturated/α-hetero) is 1. The van der Waals surface area contributed by atoms with E-state index < -0.39 is 0 Å². The molecule has 0 atom stereocenters. The van der Waals surface area contributed by atoms with Crippen molar-refractivity contribution >= 4 is 5.78 Å². The van der Waals surface area contributed by atoms with Crippen LogP contribution in [-0.2, 0) is 19.4 Å². The second-order valence-corrected chi connectivity index (χ2v) is 6.97. The molecule has 4 heteroatoms. The van der Waals surface area contributed by atoms with Crippen LogP contribution in [-0.4, -0.2) is 20.5 Å². The van der Waals surface area contributed by atoms with E-state index in [9.17, 15) is 4.79 Å². The first-order valence-corrected chi connectivity index (χ1v) is 8.01. The average Bonchev–Trinajstić information content (AvgIpc) is 2.76. The highest BCUT2D eigenvalue weighted by molar-refractivity contribution is 5.99. The number of rotatable bonds is 4. The Morgan fingerprint density at radius 2 is 2.14 bits per heavy atom. The van der Waals surface area contributed by atoms with Gasteiger partial charge in [-0.2, -0.15) is 5.10 Å². The summed E-state index contributed by atoms with van der Waals surface area (Å²) in [5.41, 5.74) is 4.05. The van der Waals surface area contributed by atoms with Crippen LogP contribution in [0.25, 0.3) is 0 Å². The van der Waals surface area contributed by atoms with Crippen LogP contribution in [0.1, 0.15) is 60.9 Å². The molecule has 0 aromatic carbocycles. The monoisotopic (exact) mass is 297 g/mol. The van der Waals surface area contributed by atoms with E-state index in [2.05, 4.69) is 31.8 Å². The highest BCUT2D eigenvalue weighted by Gasteiger charge is 2.35. The Hall–Kier alpha value is -1.97. The Morgan fingerprint density at radius 3 is 2.82 bits per heavy atom. The summed E-state index contributed by atoms with van der Waals surface area (Å²) in [6, 6.07) is 3.99. The maximum absolute atomic E-state index is 12.7. The number of carbonyl (C=O) groups is 1. The SMILES string of the molecule is CCCn1nc2c(c1Cc1cccnc1)C(=O)CC(C)(C)C2. The van der Waals surface area contributed by atoms with Crippen LogP contribution >= 0.6 is 0 Å². The Labute approximate surface area is 131 Å². The zero-order valence-corrected chi connectivity index (χ0v) is 13.6. The molecule has 0 N–H and O–H groups in total. The molecule has 2 heterocycles. The van der Waals surface area contributed by atoms with Crippen LogP contribution in [0.3, 0.4) is 0 Å². The third-order valence-electron chi connectivity index (χ3n) is 4.22. The maximum atomic E-state index is 12.7. The van der Waals surface area contributed by atoms with Gasteiger partial charge in [0.15, 0.2) is 5.78 Å². The fourth-order valence-electron chi connectivity index (χ4n) is 3.31. The minimum atomic E-state index is 0.0149. The summed E-state index contributed by atoms with van der Waals surface area (Å²) in [5.74, 6) is 0.243. The van der Waals surface area contributed by atoms with Crippen molar-refractivity contribution in [3.05, 3.63) is 47.0 Å². The van der Waals surface area contributed by atoms with Crippen molar-refractivity contribution in [2.45, 2.75) is 53.0 Å². The van der Waals surface area contributed by atoms with E-state index >= 15 is 0 Å². The summed E-state index contributed by atoms with van der Waals surface area (Å²) < 4.78 is 2.04. The molecule has 0 amide bonds. The van der Waals surface area contributed by atoms with Gasteiger partial charge in [0.25, 0.3) is 0 Å². The van der Waals surface area contributed by atoms with Gasteiger partial charge in [-0.3, -0.25) is 14.5 Å². The first-order chi connectivity index (χ1) is 10.5. The lowest BCUT2D eigenvalue weighted by atomic mass is 9.75. The summed E-state index contributed by atoms with van der Waals surface area (Å²) >= 11 is 0. The van der Waals surface area contributed by atoms with Gasteiger partial charge in [0.05, 0.1) is 17.0 Å². The molecular weight excluding hydrogens is 274 g/mol. The number of carbonyl (C=O) groups excluding carboxylic acids is 1. The van der Waals surface area contributed by atoms with Crippen molar-refractivity contribution < 1.29 is 4.79 Å². The molecule has 0 unspecified atom stereocenters. The number of ketones is 1. The standard InChI is InChI=1S/C18H23N3O/c1-4-8-21-15(9-13-6-5-7-19-12-13)17-14(20-21)10-18(2,3)11-16(17)22/h5-7,12H,4,8-11H2,1-3H3. The van der Waals surface area contributed by atoms with E-state index in [1.165, 1.54) is 0 Å². The van der Waals surface area contributed by atoms with Gasteiger partial charge < -0.3 is 0 Å². The quantitative estimate of drug-likeness (QED) is 0.868. The molecule has 2 aromatic heterocycles. The lowest BCUT2D eigenvalue weighted by molar-refractivity contribution is 0.0911. The highest BCUT2D eigenvalue weighted by Crippen LogP contribution is 2.36. The minimum Gasteiger partial charge on any atom is -0.294 e. The Kier molecular flexibility index (Phi) is 3.85. The molecule has 0 saturated carbocycles. The van der Waals surface area contributed by atoms with Gasteiger partial charge >= 0.3 is 0 Å². The predicted molar refractivity (Wildman–Crippen MR) is 86.0 cm³/mol. The average molecular weight is 297 g/mol. The second kappa shape index (κ2) is 5.67. The molecule has 4 nitrogen and oxygen atoms in total. The Morgan fingerprint density at radius 1 is 1.32 bits per heavy atom. The molecule has 0 aliphatic heterocycles. The number of hydrogen-bond acceptors (Lipinski definition) is 3. The lowest BCUT2D eigenvalue weighted by Crippen LogP contribution is -2.27.